The van der Waals surface area contributed by atoms with Gasteiger partial charge in [-0.2, -0.15) is 0 Å². The minimum Gasteiger partial charge on any atom is -0.487 e. The van der Waals surface area contributed by atoms with Crippen molar-refractivity contribution in [3.8, 4) is 5.75 Å². The highest BCUT2D eigenvalue weighted by molar-refractivity contribution is 6.00. The van der Waals surface area contributed by atoms with Crippen LogP contribution in [-0.2, 0) is 4.74 Å². The fourth-order valence-corrected chi connectivity index (χ4v) is 1.93. The Hall–Kier alpha value is -1.62. The molecule has 1 fully saturated rings. The van der Waals surface area contributed by atoms with Crippen LogP contribution in [0.5, 0.6) is 5.75 Å². The maximum absolute atomic E-state index is 13.2. The Morgan fingerprint density at radius 1 is 1.56 bits per heavy atom. The number of oxime groups is 1. The van der Waals surface area contributed by atoms with Gasteiger partial charge in [0.15, 0.2) is 0 Å². The van der Waals surface area contributed by atoms with Gasteiger partial charge in [0.1, 0.15) is 17.7 Å². The molecule has 5 heteroatoms. The number of rotatable bonds is 3. The van der Waals surface area contributed by atoms with E-state index >= 15 is 0 Å². The quantitative estimate of drug-likeness (QED) is 0.511. The van der Waals surface area contributed by atoms with Gasteiger partial charge in [-0.3, -0.25) is 0 Å². The second-order valence-corrected chi connectivity index (χ2v) is 4.28. The molecule has 1 aromatic rings. The first-order valence-corrected chi connectivity index (χ1v) is 5.93. The molecule has 0 aliphatic carbocycles. The number of benzene rings is 1. The molecule has 1 heterocycles. The zero-order valence-electron chi connectivity index (χ0n) is 10.2. The molecule has 4 nitrogen and oxygen atoms in total. The average Bonchev–Trinajstić information content (AvgIpc) is 2.41. The van der Waals surface area contributed by atoms with Crippen LogP contribution in [0.3, 0.4) is 0 Å². The predicted octanol–water partition coefficient (Wildman–Crippen LogP) is 2.58. The van der Waals surface area contributed by atoms with Gasteiger partial charge in [-0.25, -0.2) is 4.39 Å². The predicted molar refractivity (Wildman–Crippen MR) is 64.9 cm³/mol. The highest BCUT2D eigenvalue weighted by atomic mass is 19.1. The molecule has 0 aromatic heterocycles. The van der Waals surface area contributed by atoms with E-state index in [1.165, 1.54) is 12.1 Å². The smallest absolute Gasteiger partial charge is 0.129 e. The van der Waals surface area contributed by atoms with Crippen molar-refractivity contribution in [2.24, 2.45) is 5.16 Å². The van der Waals surface area contributed by atoms with Crippen molar-refractivity contribution in [3.05, 3.63) is 29.6 Å². The zero-order valence-corrected chi connectivity index (χ0v) is 10.2. The van der Waals surface area contributed by atoms with E-state index in [1.54, 1.807) is 13.0 Å². The van der Waals surface area contributed by atoms with Crippen LogP contribution >= 0.6 is 0 Å². The average molecular weight is 253 g/mol. The third-order valence-corrected chi connectivity index (χ3v) is 2.89. The summed E-state index contributed by atoms with van der Waals surface area (Å²) >= 11 is 0. The summed E-state index contributed by atoms with van der Waals surface area (Å²) in [6.07, 6.45) is 1.83. The van der Waals surface area contributed by atoms with Crippen molar-refractivity contribution in [1.82, 2.24) is 0 Å². The molecular formula is C13H16FNO3. The highest BCUT2D eigenvalue weighted by Gasteiger charge is 2.18. The van der Waals surface area contributed by atoms with Crippen LogP contribution in [0.4, 0.5) is 4.39 Å². The number of ether oxygens (including phenoxy) is 2. The van der Waals surface area contributed by atoms with Gasteiger partial charge < -0.3 is 14.7 Å². The summed E-state index contributed by atoms with van der Waals surface area (Å²) in [6.45, 7) is 2.89. The van der Waals surface area contributed by atoms with E-state index in [0.29, 0.717) is 23.6 Å². The Morgan fingerprint density at radius 3 is 3.06 bits per heavy atom. The van der Waals surface area contributed by atoms with Gasteiger partial charge in [-0.1, -0.05) is 5.16 Å². The third-order valence-electron chi connectivity index (χ3n) is 2.89. The SMILES string of the molecule is C/C(=N/O)c1cc(F)ccc1OC1CCCOC1. The van der Waals surface area contributed by atoms with Crippen LogP contribution in [0.15, 0.2) is 23.4 Å². The molecule has 1 aliphatic rings. The summed E-state index contributed by atoms with van der Waals surface area (Å²) in [5.74, 6) is 0.127. The minimum absolute atomic E-state index is 0.0329. The molecule has 0 spiro atoms. The van der Waals surface area contributed by atoms with Crippen molar-refractivity contribution >= 4 is 5.71 Å². The number of hydrogen-bond donors (Lipinski definition) is 1. The summed E-state index contributed by atoms with van der Waals surface area (Å²) in [5.41, 5.74) is 0.782. The van der Waals surface area contributed by atoms with Crippen molar-refractivity contribution in [2.45, 2.75) is 25.9 Å². The molecule has 0 radical (unpaired) electrons. The lowest BCUT2D eigenvalue weighted by atomic mass is 10.1. The first-order valence-electron chi connectivity index (χ1n) is 5.93. The Kier molecular flexibility index (Phi) is 4.15. The number of halogens is 1. The Labute approximate surface area is 105 Å². The zero-order chi connectivity index (χ0) is 13.0. The second-order valence-electron chi connectivity index (χ2n) is 4.28. The molecule has 1 atom stereocenters. The fourth-order valence-electron chi connectivity index (χ4n) is 1.93. The van der Waals surface area contributed by atoms with E-state index in [-0.39, 0.29) is 11.9 Å². The summed E-state index contributed by atoms with van der Waals surface area (Å²) < 4.78 is 24.3. The van der Waals surface area contributed by atoms with E-state index in [1.807, 2.05) is 0 Å². The van der Waals surface area contributed by atoms with Crippen molar-refractivity contribution in [3.63, 3.8) is 0 Å². The van der Waals surface area contributed by atoms with Crippen LogP contribution in [0.25, 0.3) is 0 Å². The molecule has 1 saturated heterocycles. The Bertz CT molecular complexity index is 442. The molecule has 1 aromatic carbocycles. The standard InChI is InChI=1S/C13H16FNO3/c1-9(15-16)12-7-10(14)4-5-13(12)18-11-3-2-6-17-8-11/h4-5,7,11,16H,2-3,6,8H2,1H3/b15-9-. The lowest BCUT2D eigenvalue weighted by Gasteiger charge is -2.24. The Morgan fingerprint density at radius 2 is 2.39 bits per heavy atom. The maximum Gasteiger partial charge on any atom is 0.129 e. The Balaban J connectivity index is 2.20. The van der Waals surface area contributed by atoms with Crippen LogP contribution in [0.1, 0.15) is 25.3 Å². The van der Waals surface area contributed by atoms with Gasteiger partial charge in [0.2, 0.25) is 0 Å². The maximum atomic E-state index is 13.2. The van der Waals surface area contributed by atoms with Gasteiger partial charge in [0.05, 0.1) is 12.3 Å². The highest BCUT2D eigenvalue weighted by Crippen LogP contribution is 2.24. The normalized spacial score (nSPS) is 20.8. The lowest BCUT2D eigenvalue weighted by Crippen LogP contribution is -2.28. The van der Waals surface area contributed by atoms with Crippen molar-refractivity contribution in [1.29, 1.82) is 0 Å². The van der Waals surface area contributed by atoms with E-state index < -0.39 is 0 Å². The number of nitrogens with zero attached hydrogens (tertiary/aromatic N) is 1. The summed E-state index contributed by atoms with van der Waals surface area (Å²) in [6, 6.07) is 4.18. The van der Waals surface area contributed by atoms with Crippen molar-refractivity contribution < 1.29 is 19.1 Å². The molecule has 0 saturated carbocycles. The number of hydrogen-bond acceptors (Lipinski definition) is 4. The van der Waals surface area contributed by atoms with Gasteiger partial charge in [0.25, 0.3) is 0 Å². The van der Waals surface area contributed by atoms with Crippen LogP contribution < -0.4 is 4.74 Å². The summed E-state index contributed by atoms with van der Waals surface area (Å²) in [4.78, 5) is 0. The molecule has 1 unspecified atom stereocenters. The fraction of sp³-hybridized carbons (Fsp3) is 0.462. The summed E-state index contributed by atoms with van der Waals surface area (Å²) in [5, 5.41) is 11.9. The van der Waals surface area contributed by atoms with Gasteiger partial charge >= 0.3 is 0 Å². The second kappa shape index (κ2) is 5.82. The molecule has 1 aliphatic heterocycles. The third kappa shape index (κ3) is 2.98. The van der Waals surface area contributed by atoms with Crippen LogP contribution in [0, 0.1) is 5.82 Å². The molecular weight excluding hydrogens is 237 g/mol. The molecule has 0 amide bonds. The molecule has 1 N–H and O–H groups in total. The van der Waals surface area contributed by atoms with E-state index in [4.69, 9.17) is 14.7 Å². The van der Waals surface area contributed by atoms with E-state index in [0.717, 1.165) is 19.4 Å². The molecule has 98 valence electrons. The van der Waals surface area contributed by atoms with Gasteiger partial charge in [0, 0.05) is 12.2 Å². The first-order chi connectivity index (χ1) is 8.70. The van der Waals surface area contributed by atoms with E-state index in [9.17, 15) is 4.39 Å². The molecule has 0 bridgehead atoms. The first kappa shape index (κ1) is 12.8. The monoisotopic (exact) mass is 253 g/mol. The van der Waals surface area contributed by atoms with Gasteiger partial charge in [-0.15, -0.1) is 0 Å². The van der Waals surface area contributed by atoms with Crippen LogP contribution in [-0.4, -0.2) is 30.2 Å². The minimum atomic E-state index is -0.389. The largest absolute Gasteiger partial charge is 0.487 e. The summed E-state index contributed by atoms with van der Waals surface area (Å²) in [7, 11) is 0. The van der Waals surface area contributed by atoms with Gasteiger partial charge in [-0.05, 0) is 38.0 Å². The lowest BCUT2D eigenvalue weighted by molar-refractivity contribution is 0.00732. The molecule has 2 rings (SSSR count). The molecule has 18 heavy (non-hydrogen) atoms. The van der Waals surface area contributed by atoms with Crippen molar-refractivity contribution in [2.75, 3.05) is 13.2 Å². The van der Waals surface area contributed by atoms with Crippen LogP contribution in [0.2, 0.25) is 0 Å². The topological polar surface area (TPSA) is 51.1 Å². The van der Waals surface area contributed by atoms with E-state index in [2.05, 4.69) is 5.16 Å².